The lowest BCUT2D eigenvalue weighted by Crippen LogP contribution is -2.14. The Balaban J connectivity index is 3.17. The summed E-state index contributed by atoms with van der Waals surface area (Å²) in [7, 11) is -2.93. The van der Waals surface area contributed by atoms with E-state index in [0.29, 0.717) is 0 Å². The van der Waals surface area contributed by atoms with Crippen LogP contribution in [0.4, 0.5) is 5.69 Å². The maximum absolute atomic E-state index is 11.4. The number of thioether (sulfide) groups is 1. The van der Waals surface area contributed by atoms with Crippen molar-refractivity contribution in [3.8, 4) is 0 Å². The zero-order valence-corrected chi connectivity index (χ0v) is 11.4. The number of carbonyl (C=O) groups excluding carboxylic acids is 1. The van der Waals surface area contributed by atoms with Gasteiger partial charge < -0.3 is 4.74 Å². The van der Waals surface area contributed by atoms with Crippen molar-refractivity contribution in [2.45, 2.75) is 9.79 Å². The van der Waals surface area contributed by atoms with E-state index in [1.165, 1.54) is 13.2 Å². The maximum atomic E-state index is 11.4. The van der Waals surface area contributed by atoms with Crippen molar-refractivity contribution in [2.75, 3.05) is 12.9 Å². The van der Waals surface area contributed by atoms with Crippen LogP contribution < -0.4 is 5.14 Å². The number of esters is 1. The minimum Gasteiger partial charge on any atom is -0.468 e. The van der Waals surface area contributed by atoms with E-state index in [1.807, 2.05) is 0 Å². The quantitative estimate of drug-likeness (QED) is 0.363. The summed E-state index contributed by atoms with van der Waals surface area (Å²) < 4.78 is 27.1. The molecule has 1 aromatic carbocycles. The molecule has 104 valence electrons. The Kier molecular flexibility index (Phi) is 4.86. The Labute approximate surface area is 113 Å². The number of hydrogen-bond donors (Lipinski definition) is 1. The number of benzene rings is 1. The van der Waals surface area contributed by atoms with E-state index in [9.17, 15) is 23.3 Å². The highest BCUT2D eigenvalue weighted by Crippen LogP contribution is 2.29. The fraction of sp³-hybridized carbons (Fsp3) is 0.222. The Bertz CT molecular complexity index is 613. The molecular weight excluding hydrogens is 296 g/mol. The van der Waals surface area contributed by atoms with Gasteiger partial charge in [0.05, 0.1) is 17.8 Å². The Hall–Kier alpha value is -1.65. The lowest BCUT2D eigenvalue weighted by molar-refractivity contribution is -0.385. The third kappa shape index (κ3) is 4.19. The number of hydrogen-bond acceptors (Lipinski definition) is 7. The highest BCUT2D eigenvalue weighted by atomic mass is 32.2. The molecule has 0 aliphatic rings. The number of carbonyl (C=O) groups is 1. The van der Waals surface area contributed by atoms with Crippen LogP contribution in [0.25, 0.3) is 0 Å². The molecule has 0 aliphatic heterocycles. The Morgan fingerprint density at radius 3 is 2.63 bits per heavy atom. The highest BCUT2D eigenvalue weighted by Gasteiger charge is 2.19. The fourth-order valence-electron chi connectivity index (χ4n) is 1.15. The zero-order chi connectivity index (χ0) is 14.6. The molecule has 0 spiro atoms. The van der Waals surface area contributed by atoms with Crippen molar-refractivity contribution in [3.63, 3.8) is 0 Å². The second-order valence-electron chi connectivity index (χ2n) is 3.30. The average molecular weight is 306 g/mol. The SMILES string of the molecule is COC(=O)CSc1ccc([N+](=O)[O-])cc1S(N)(=O)=O. The number of nitrogens with two attached hydrogens (primary N) is 1. The summed E-state index contributed by atoms with van der Waals surface area (Å²) in [6.45, 7) is 0. The molecule has 0 saturated carbocycles. The van der Waals surface area contributed by atoms with E-state index in [1.54, 1.807) is 0 Å². The average Bonchev–Trinajstić information content (AvgIpc) is 2.34. The predicted octanol–water partition coefficient (Wildman–Crippen LogP) is 0.507. The van der Waals surface area contributed by atoms with Crippen LogP contribution in [0.5, 0.6) is 0 Å². The topological polar surface area (TPSA) is 130 Å². The van der Waals surface area contributed by atoms with Crippen LogP contribution in [0.15, 0.2) is 28.0 Å². The van der Waals surface area contributed by atoms with Crippen molar-refractivity contribution in [3.05, 3.63) is 28.3 Å². The number of primary sulfonamides is 1. The number of nitro groups is 1. The summed E-state index contributed by atoms with van der Waals surface area (Å²) >= 11 is 0.871. The molecule has 0 unspecified atom stereocenters. The molecule has 0 saturated heterocycles. The first-order chi connectivity index (χ1) is 8.75. The summed E-state index contributed by atoms with van der Waals surface area (Å²) in [6, 6.07) is 3.22. The number of non-ortho nitro benzene ring substituents is 1. The molecule has 8 nitrogen and oxygen atoms in total. The molecule has 0 radical (unpaired) electrons. The van der Waals surface area contributed by atoms with Gasteiger partial charge in [0.25, 0.3) is 5.69 Å². The number of methoxy groups -OCH3 is 1. The first-order valence-corrected chi connectivity index (χ1v) is 7.29. The van der Waals surface area contributed by atoms with Crippen molar-refractivity contribution in [1.29, 1.82) is 0 Å². The molecule has 0 amide bonds. The van der Waals surface area contributed by atoms with E-state index in [2.05, 4.69) is 4.74 Å². The molecule has 0 aromatic heterocycles. The van der Waals surface area contributed by atoms with Gasteiger partial charge >= 0.3 is 5.97 Å². The number of rotatable bonds is 5. The van der Waals surface area contributed by atoms with Crippen molar-refractivity contribution in [2.24, 2.45) is 5.14 Å². The molecule has 1 rings (SSSR count). The molecule has 0 fully saturated rings. The lowest BCUT2D eigenvalue weighted by Gasteiger charge is -2.06. The minimum atomic E-state index is -4.12. The second kappa shape index (κ2) is 5.99. The van der Waals surface area contributed by atoms with Gasteiger partial charge in [-0.1, -0.05) is 0 Å². The third-order valence-corrected chi connectivity index (χ3v) is 4.14. The van der Waals surface area contributed by atoms with Crippen molar-refractivity contribution in [1.82, 2.24) is 0 Å². The van der Waals surface area contributed by atoms with Crippen LogP contribution in [0, 0.1) is 10.1 Å². The molecule has 1 aromatic rings. The van der Waals surface area contributed by atoms with Crippen LogP contribution in [-0.4, -0.2) is 32.2 Å². The van der Waals surface area contributed by atoms with E-state index < -0.39 is 31.5 Å². The van der Waals surface area contributed by atoms with Gasteiger partial charge in [-0.25, -0.2) is 13.6 Å². The normalized spacial score (nSPS) is 11.1. The number of ether oxygens (including phenoxy) is 1. The van der Waals surface area contributed by atoms with Crippen LogP contribution in [0.3, 0.4) is 0 Å². The van der Waals surface area contributed by atoms with E-state index in [4.69, 9.17) is 5.14 Å². The Morgan fingerprint density at radius 2 is 2.16 bits per heavy atom. The van der Waals surface area contributed by atoms with Gasteiger partial charge in [0.15, 0.2) is 0 Å². The zero-order valence-electron chi connectivity index (χ0n) is 9.73. The summed E-state index contributed by atoms with van der Waals surface area (Å²) in [6.07, 6.45) is 0. The van der Waals surface area contributed by atoms with Crippen LogP contribution in [-0.2, 0) is 19.6 Å². The monoisotopic (exact) mass is 306 g/mol. The predicted molar refractivity (Wildman–Crippen MR) is 67.2 cm³/mol. The van der Waals surface area contributed by atoms with Crippen LogP contribution >= 0.6 is 11.8 Å². The van der Waals surface area contributed by atoms with Gasteiger partial charge in [0.1, 0.15) is 4.90 Å². The molecule has 10 heteroatoms. The summed E-state index contributed by atoms with van der Waals surface area (Å²) in [5.74, 6) is -0.680. The minimum absolute atomic E-state index is 0.128. The molecule has 0 atom stereocenters. The maximum Gasteiger partial charge on any atom is 0.315 e. The molecule has 2 N–H and O–H groups in total. The smallest absolute Gasteiger partial charge is 0.315 e. The van der Waals surface area contributed by atoms with Gasteiger partial charge in [-0.2, -0.15) is 0 Å². The van der Waals surface area contributed by atoms with Gasteiger partial charge in [0, 0.05) is 17.0 Å². The summed E-state index contributed by atoms with van der Waals surface area (Å²) in [4.78, 5) is 20.6. The molecule has 0 bridgehead atoms. The fourth-order valence-corrected chi connectivity index (χ4v) is 3.06. The van der Waals surface area contributed by atoms with Crippen LogP contribution in [0.1, 0.15) is 0 Å². The van der Waals surface area contributed by atoms with Gasteiger partial charge in [-0.3, -0.25) is 14.9 Å². The van der Waals surface area contributed by atoms with E-state index >= 15 is 0 Å². The molecule has 0 heterocycles. The number of sulfonamides is 1. The van der Waals surface area contributed by atoms with Crippen molar-refractivity contribution >= 4 is 33.4 Å². The van der Waals surface area contributed by atoms with Gasteiger partial charge in [-0.05, 0) is 6.07 Å². The summed E-state index contributed by atoms with van der Waals surface area (Å²) in [5.41, 5.74) is -0.397. The van der Waals surface area contributed by atoms with Crippen LogP contribution in [0.2, 0.25) is 0 Å². The highest BCUT2D eigenvalue weighted by molar-refractivity contribution is 8.00. The second-order valence-corrected chi connectivity index (χ2v) is 5.84. The lowest BCUT2D eigenvalue weighted by atomic mass is 10.3. The number of nitro benzene ring substituents is 1. The molecule has 19 heavy (non-hydrogen) atoms. The standard InChI is InChI=1S/C9H10N2O6S2/c1-17-9(12)5-18-7-3-2-6(11(13)14)4-8(7)19(10,15)16/h2-4H,5H2,1H3,(H2,10,15,16). The first kappa shape index (κ1) is 15.4. The van der Waals surface area contributed by atoms with E-state index in [-0.39, 0.29) is 10.6 Å². The third-order valence-electron chi connectivity index (χ3n) is 2.02. The van der Waals surface area contributed by atoms with Crippen molar-refractivity contribution < 1.29 is 22.9 Å². The molecule has 0 aliphatic carbocycles. The Morgan fingerprint density at radius 1 is 1.53 bits per heavy atom. The van der Waals surface area contributed by atoms with Gasteiger partial charge in [-0.15, -0.1) is 11.8 Å². The summed E-state index contributed by atoms with van der Waals surface area (Å²) in [5, 5.41) is 15.6. The van der Waals surface area contributed by atoms with Gasteiger partial charge in [0.2, 0.25) is 10.0 Å². The van der Waals surface area contributed by atoms with E-state index in [0.717, 1.165) is 23.9 Å². The first-order valence-electron chi connectivity index (χ1n) is 4.76. The molecular formula is C9H10N2O6S2. The largest absolute Gasteiger partial charge is 0.468 e. The number of nitrogens with zero attached hydrogens (tertiary/aromatic N) is 1.